The lowest BCUT2D eigenvalue weighted by atomic mass is 9.86. The summed E-state index contributed by atoms with van der Waals surface area (Å²) in [7, 11) is 0. The number of carbonyl (C=O) groups excluding carboxylic acids is 1. The van der Waals surface area contributed by atoms with Gasteiger partial charge in [0.1, 0.15) is 11.1 Å². The Morgan fingerprint density at radius 2 is 1.94 bits per heavy atom. The number of rotatable bonds is 2. The monoisotopic (exact) mass is 223 g/mol. The molecule has 1 aliphatic heterocycles. The summed E-state index contributed by atoms with van der Waals surface area (Å²) in [6.45, 7) is 7.69. The fraction of sp³-hybridized carbons (Fsp3) is 0.800. The first-order valence-corrected chi connectivity index (χ1v) is 5.60. The van der Waals surface area contributed by atoms with Gasteiger partial charge in [-0.3, -0.25) is 4.79 Å². The van der Waals surface area contributed by atoms with Crippen LogP contribution in [0.1, 0.15) is 46.4 Å². The average Bonchev–Trinajstić information content (AvgIpc) is 2.74. The molecule has 0 fully saturated rings. The van der Waals surface area contributed by atoms with E-state index in [2.05, 4.69) is 20.8 Å². The van der Waals surface area contributed by atoms with Gasteiger partial charge in [-0.05, 0) is 37.1 Å². The Morgan fingerprint density at radius 3 is 2.50 bits per heavy atom. The molecule has 1 amide bonds. The van der Waals surface area contributed by atoms with Gasteiger partial charge in [0.05, 0.1) is 0 Å². The van der Waals surface area contributed by atoms with Gasteiger partial charge in [0, 0.05) is 0 Å². The van der Waals surface area contributed by atoms with Crippen LogP contribution in [0.3, 0.4) is 0 Å². The lowest BCUT2D eigenvalue weighted by molar-refractivity contribution is -0.134. The van der Waals surface area contributed by atoms with Crippen LogP contribution in [-0.2, 0) is 15.9 Å². The van der Waals surface area contributed by atoms with E-state index in [-0.39, 0.29) is 5.91 Å². The maximum Gasteiger partial charge on any atom is 0.248 e. The third-order valence-electron chi connectivity index (χ3n) is 3.54. The van der Waals surface area contributed by atoms with Gasteiger partial charge in [0.2, 0.25) is 5.91 Å². The topological polar surface area (TPSA) is 72.7 Å². The summed E-state index contributed by atoms with van der Waals surface area (Å²) < 4.78 is 1.64. The van der Waals surface area contributed by atoms with Crippen molar-refractivity contribution in [3.8, 4) is 0 Å². The molecular formula is C10H17N5O. The Balaban J connectivity index is 2.63. The summed E-state index contributed by atoms with van der Waals surface area (Å²) in [5, 5.41) is 14.8. The molecule has 0 unspecified atom stereocenters. The van der Waals surface area contributed by atoms with Gasteiger partial charge >= 0.3 is 0 Å². The highest BCUT2D eigenvalue weighted by atomic mass is 16.2. The van der Waals surface area contributed by atoms with Crippen LogP contribution in [0.25, 0.3) is 0 Å². The summed E-state index contributed by atoms with van der Waals surface area (Å²) in [6.07, 6.45) is 1.57. The SMILES string of the molecule is CCC1(CC)NC(=O)C(C)(C)n2nnnc21. The number of hydrogen-bond acceptors (Lipinski definition) is 4. The zero-order chi connectivity index (χ0) is 12.0. The number of carbonyl (C=O) groups is 1. The molecule has 2 rings (SSSR count). The molecule has 0 saturated heterocycles. The molecule has 1 aromatic rings. The molecule has 0 saturated carbocycles. The van der Waals surface area contributed by atoms with Crippen molar-refractivity contribution in [2.75, 3.05) is 0 Å². The van der Waals surface area contributed by atoms with Gasteiger partial charge in [-0.15, -0.1) is 5.10 Å². The van der Waals surface area contributed by atoms with Gasteiger partial charge in [-0.25, -0.2) is 4.68 Å². The second kappa shape index (κ2) is 3.26. The predicted molar refractivity (Wildman–Crippen MR) is 57.5 cm³/mol. The van der Waals surface area contributed by atoms with Crippen LogP contribution in [-0.4, -0.2) is 26.1 Å². The van der Waals surface area contributed by atoms with Crippen molar-refractivity contribution < 1.29 is 4.79 Å². The van der Waals surface area contributed by atoms with Crippen molar-refractivity contribution >= 4 is 5.91 Å². The van der Waals surface area contributed by atoms with Crippen molar-refractivity contribution in [2.24, 2.45) is 0 Å². The van der Waals surface area contributed by atoms with Gasteiger partial charge in [-0.2, -0.15) is 0 Å². The van der Waals surface area contributed by atoms with E-state index in [1.54, 1.807) is 4.68 Å². The van der Waals surface area contributed by atoms with Crippen LogP contribution in [0, 0.1) is 0 Å². The van der Waals surface area contributed by atoms with E-state index in [9.17, 15) is 4.79 Å². The van der Waals surface area contributed by atoms with Gasteiger partial charge in [0.25, 0.3) is 0 Å². The lowest BCUT2D eigenvalue weighted by Crippen LogP contribution is -2.60. The van der Waals surface area contributed by atoms with Crippen LogP contribution < -0.4 is 5.32 Å². The quantitative estimate of drug-likeness (QED) is 0.794. The molecule has 6 nitrogen and oxygen atoms in total. The van der Waals surface area contributed by atoms with E-state index < -0.39 is 11.1 Å². The lowest BCUT2D eigenvalue weighted by Gasteiger charge is -2.41. The molecule has 0 atom stereocenters. The molecule has 1 aromatic heterocycles. The minimum atomic E-state index is -0.716. The highest BCUT2D eigenvalue weighted by Gasteiger charge is 2.48. The van der Waals surface area contributed by atoms with Crippen molar-refractivity contribution in [1.29, 1.82) is 0 Å². The van der Waals surface area contributed by atoms with Crippen LogP contribution in [0.5, 0.6) is 0 Å². The molecule has 1 N–H and O–H groups in total. The fourth-order valence-corrected chi connectivity index (χ4v) is 2.13. The first kappa shape index (κ1) is 11.0. The maximum atomic E-state index is 12.1. The first-order chi connectivity index (χ1) is 7.48. The third-order valence-corrected chi connectivity index (χ3v) is 3.54. The van der Waals surface area contributed by atoms with Crippen LogP contribution in [0.4, 0.5) is 0 Å². The normalized spacial score (nSPS) is 21.4. The summed E-state index contributed by atoms with van der Waals surface area (Å²) in [5.74, 6) is 0.720. The van der Waals surface area contributed by atoms with Gasteiger partial charge in [0.15, 0.2) is 5.82 Å². The maximum absolute atomic E-state index is 12.1. The Kier molecular flexibility index (Phi) is 2.25. The molecule has 16 heavy (non-hydrogen) atoms. The van der Waals surface area contributed by atoms with Crippen molar-refractivity contribution in [2.45, 2.75) is 51.6 Å². The fourth-order valence-electron chi connectivity index (χ4n) is 2.13. The van der Waals surface area contributed by atoms with E-state index in [1.165, 1.54) is 0 Å². The van der Waals surface area contributed by atoms with Crippen molar-refractivity contribution in [3.63, 3.8) is 0 Å². The van der Waals surface area contributed by atoms with Crippen molar-refractivity contribution in [3.05, 3.63) is 5.82 Å². The van der Waals surface area contributed by atoms with Crippen LogP contribution >= 0.6 is 0 Å². The predicted octanol–water partition coefficient (Wildman–Crippen LogP) is 0.553. The Bertz CT molecular complexity index is 419. The minimum Gasteiger partial charge on any atom is -0.341 e. The van der Waals surface area contributed by atoms with Crippen LogP contribution in [0.2, 0.25) is 0 Å². The Hall–Kier alpha value is -1.46. The van der Waals surface area contributed by atoms with E-state index in [1.807, 2.05) is 27.7 Å². The number of fused-ring (bicyclic) bond motifs is 1. The smallest absolute Gasteiger partial charge is 0.248 e. The highest BCUT2D eigenvalue weighted by molar-refractivity contribution is 5.85. The molecule has 0 radical (unpaired) electrons. The number of nitrogens with one attached hydrogen (secondary N) is 1. The summed E-state index contributed by atoms with van der Waals surface area (Å²) in [5.41, 5.74) is -1.14. The summed E-state index contributed by atoms with van der Waals surface area (Å²) in [4.78, 5) is 12.1. The number of amides is 1. The zero-order valence-electron chi connectivity index (χ0n) is 10.1. The second-order valence-electron chi connectivity index (χ2n) is 4.72. The minimum absolute atomic E-state index is 0.0315. The van der Waals surface area contributed by atoms with E-state index in [0.29, 0.717) is 0 Å². The van der Waals surface area contributed by atoms with E-state index in [4.69, 9.17) is 0 Å². The van der Waals surface area contributed by atoms with Crippen LogP contribution in [0.15, 0.2) is 0 Å². The molecule has 0 aromatic carbocycles. The van der Waals surface area contributed by atoms with Gasteiger partial charge < -0.3 is 5.32 Å². The summed E-state index contributed by atoms with van der Waals surface area (Å²) in [6, 6.07) is 0. The molecule has 0 spiro atoms. The average molecular weight is 223 g/mol. The molecule has 0 bridgehead atoms. The molecule has 2 heterocycles. The van der Waals surface area contributed by atoms with E-state index >= 15 is 0 Å². The standard InChI is InChI=1S/C10H17N5O/c1-5-10(6-2)7-12-13-14-15(7)9(3,4)8(16)11-10/h5-6H2,1-4H3,(H,11,16). The first-order valence-electron chi connectivity index (χ1n) is 5.60. The Morgan fingerprint density at radius 1 is 1.31 bits per heavy atom. The summed E-state index contributed by atoms with van der Waals surface area (Å²) >= 11 is 0. The third kappa shape index (κ3) is 1.19. The molecular weight excluding hydrogens is 206 g/mol. The number of nitrogens with zero attached hydrogens (tertiary/aromatic N) is 4. The molecule has 6 heteroatoms. The Labute approximate surface area is 94.4 Å². The largest absolute Gasteiger partial charge is 0.341 e. The van der Waals surface area contributed by atoms with Gasteiger partial charge in [-0.1, -0.05) is 13.8 Å². The highest BCUT2D eigenvalue weighted by Crippen LogP contribution is 2.34. The molecule has 88 valence electrons. The number of aromatic nitrogens is 4. The second-order valence-corrected chi connectivity index (χ2v) is 4.72. The number of hydrogen-bond donors (Lipinski definition) is 1. The molecule has 0 aliphatic carbocycles. The van der Waals surface area contributed by atoms with Crippen molar-refractivity contribution in [1.82, 2.24) is 25.5 Å². The number of tetrazole rings is 1. The van der Waals surface area contributed by atoms with E-state index in [0.717, 1.165) is 18.7 Å². The molecule has 1 aliphatic rings. The zero-order valence-corrected chi connectivity index (χ0v) is 10.1.